The lowest BCUT2D eigenvalue weighted by molar-refractivity contribution is 0.576. The van der Waals surface area contributed by atoms with Crippen LogP contribution in [0.3, 0.4) is 0 Å². The van der Waals surface area contributed by atoms with E-state index in [0.29, 0.717) is 0 Å². The van der Waals surface area contributed by atoms with Gasteiger partial charge in [-0.3, -0.25) is 4.68 Å². The summed E-state index contributed by atoms with van der Waals surface area (Å²) in [4.78, 5) is 0. The van der Waals surface area contributed by atoms with E-state index in [2.05, 4.69) is 31.8 Å². The number of fused-ring (bicyclic) bond motifs is 1. The fourth-order valence-corrected chi connectivity index (χ4v) is 3.02. The highest BCUT2D eigenvalue weighted by atomic mass is 79.9. The average molecular weight is 300 g/mol. The van der Waals surface area contributed by atoms with Crippen molar-refractivity contribution in [2.75, 3.05) is 0 Å². The highest BCUT2D eigenvalue weighted by Gasteiger charge is 2.23. The van der Waals surface area contributed by atoms with E-state index in [9.17, 15) is 0 Å². The molecule has 3 rings (SSSR count). The van der Waals surface area contributed by atoms with Crippen molar-refractivity contribution in [3.8, 4) is 0 Å². The second-order valence-corrected chi connectivity index (χ2v) is 5.82. The van der Waals surface area contributed by atoms with Crippen molar-refractivity contribution in [3.05, 3.63) is 27.3 Å². The number of rotatable bonds is 2. The molecule has 0 bridgehead atoms. The fraction of sp³-hybridized carbons (Fsp3) is 0.417. The maximum Gasteiger partial charge on any atom is 0.0711 e. The van der Waals surface area contributed by atoms with Crippen LogP contribution in [0.2, 0.25) is 5.02 Å². The Morgan fingerprint density at radius 1 is 1.50 bits per heavy atom. The molecule has 1 aliphatic carbocycles. The Balaban J connectivity index is 2.20. The van der Waals surface area contributed by atoms with Crippen LogP contribution in [-0.2, 0) is 6.54 Å². The number of hydrogen-bond acceptors (Lipinski definition) is 1. The second kappa shape index (κ2) is 3.74. The number of aromatic nitrogens is 2. The smallest absolute Gasteiger partial charge is 0.0711 e. The van der Waals surface area contributed by atoms with E-state index in [1.807, 2.05) is 13.0 Å². The molecule has 1 saturated carbocycles. The Morgan fingerprint density at radius 2 is 2.25 bits per heavy atom. The first kappa shape index (κ1) is 10.6. The zero-order valence-electron chi connectivity index (χ0n) is 9.00. The van der Waals surface area contributed by atoms with E-state index in [-0.39, 0.29) is 0 Å². The van der Waals surface area contributed by atoms with Gasteiger partial charge in [0.05, 0.1) is 16.2 Å². The van der Waals surface area contributed by atoms with Crippen LogP contribution in [0.5, 0.6) is 0 Å². The highest BCUT2D eigenvalue weighted by molar-refractivity contribution is 9.10. The van der Waals surface area contributed by atoms with Gasteiger partial charge in [0.2, 0.25) is 0 Å². The van der Waals surface area contributed by atoms with Gasteiger partial charge in [0.15, 0.2) is 0 Å². The van der Waals surface area contributed by atoms with Crippen LogP contribution in [-0.4, -0.2) is 9.78 Å². The van der Waals surface area contributed by atoms with E-state index in [0.717, 1.165) is 38.6 Å². The van der Waals surface area contributed by atoms with E-state index >= 15 is 0 Å². The standard InChI is InChI=1S/C12H12BrClN2/c1-7-12-10(14)4-9(13)5-11(12)16(15-7)6-8-2-3-8/h4-5,8H,2-3,6H2,1H3. The zero-order valence-corrected chi connectivity index (χ0v) is 11.3. The molecular formula is C12H12BrClN2. The molecule has 1 heterocycles. The van der Waals surface area contributed by atoms with Gasteiger partial charge < -0.3 is 0 Å². The summed E-state index contributed by atoms with van der Waals surface area (Å²) in [6.45, 7) is 3.04. The minimum absolute atomic E-state index is 0.781. The Bertz CT molecular complexity index is 558. The van der Waals surface area contributed by atoms with Crippen molar-refractivity contribution in [1.29, 1.82) is 0 Å². The van der Waals surface area contributed by atoms with Crippen molar-refractivity contribution < 1.29 is 0 Å². The molecule has 1 fully saturated rings. The molecule has 0 atom stereocenters. The van der Waals surface area contributed by atoms with Crippen LogP contribution in [0.25, 0.3) is 10.9 Å². The van der Waals surface area contributed by atoms with E-state index < -0.39 is 0 Å². The van der Waals surface area contributed by atoms with Gasteiger partial charge in [-0.2, -0.15) is 5.10 Å². The number of nitrogens with zero attached hydrogens (tertiary/aromatic N) is 2. The minimum atomic E-state index is 0.781. The Morgan fingerprint density at radius 3 is 2.94 bits per heavy atom. The molecule has 0 spiro atoms. The molecule has 0 radical (unpaired) electrons. The fourth-order valence-electron chi connectivity index (χ4n) is 2.09. The number of hydrogen-bond donors (Lipinski definition) is 0. The number of halogens is 2. The molecule has 2 nitrogen and oxygen atoms in total. The maximum absolute atomic E-state index is 6.25. The molecule has 4 heteroatoms. The molecule has 84 valence electrons. The molecular weight excluding hydrogens is 288 g/mol. The third kappa shape index (κ3) is 1.76. The summed E-state index contributed by atoms with van der Waals surface area (Å²) in [5.41, 5.74) is 2.16. The van der Waals surface area contributed by atoms with E-state index in [4.69, 9.17) is 11.6 Å². The summed E-state index contributed by atoms with van der Waals surface area (Å²) in [6.07, 6.45) is 2.67. The Labute approximate surface area is 108 Å². The normalized spacial score (nSPS) is 15.9. The molecule has 0 unspecified atom stereocenters. The van der Waals surface area contributed by atoms with Crippen molar-refractivity contribution >= 4 is 38.4 Å². The maximum atomic E-state index is 6.25. The third-order valence-electron chi connectivity index (χ3n) is 3.07. The molecule has 2 aromatic rings. The average Bonchev–Trinajstić information content (AvgIpc) is 2.93. The topological polar surface area (TPSA) is 17.8 Å². The summed E-state index contributed by atoms with van der Waals surface area (Å²) in [6, 6.07) is 4.03. The van der Waals surface area contributed by atoms with Gasteiger partial charge in [-0.15, -0.1) is 0 Å². The molecule has 1 aliphatic rings. The number of aryl methyl sites for hydroxylation is 1. The quantitative estimate of drug-likeness (QED) is 0.814. The summed E-state index contributed by atoms with van der Waals surface area (Å²) < 4.78 is 3.11. The SMILES string of the molecule is Cc1nn(CC2CC2)c2cc(Br)cc(Cl)c12. The predicted octanol–water partition coefficient (Wildman–Crippen LogP) is 4.17. The predicted molar refractivity (Wildman–Crippen MR) is 69.9 cm³/mol. The van der Waals surface area contributed by atoms with Crippen molar-refractivity contribution in [2.24, 2.45) is 5.92 Å². The first-order valence-corrected chi connectivity index (χ1v) is 6.64. The summed E-state index contributed by atoms with van der Waals surface area (Å²) in [5, 5.41) is 6.45. The lowest BCUT2D eigenvalue weighted by Gasteiger charge is -2.02. The molecule has 1 aromatic heterocycles. The van der Waals surface area contributed by atoms with E-state index in [1.54, 1.807) is 0 Å². The lowest BCUT2D eigenvalue weighted by Crippen LogP contribution is -2.01. The van der Waals surface area contributed by atoms with Gasteiger partial charge in [0, 0.05) is 16.4 Å². The third-order valence-corrected chi connectivity index (χ3v) is 3.83. The molecule has 1 aromatic carbocycles. The van der Waals surface area contributed by atoms with Crippen LogP contribution in [0.1, 0.15) is 18.5 Å². The van der Waals surface area contributed by atoms with Crippen LogP contribution in [0.4, 0.5) is 0 Å². The second-order valence-electron chi connectivity index (χ2n) is 4.49. The van der Waals surface area contributed by atoms with Crippen LogP contribution in [0, 0.1) is 12.8 Å². The van der Waals surface area contributed by atoms with E-state index in [1.165, 1.54) is 12.8 Å². The molecule has 0 aliphatic heterocycles. The molecule has 0 N–H and O–H groups in total. The van der Waals surface area contributed by atoms with Crippen LogP contribution < -0.4 is 0 Å². The van der Waals surface area contributed by atoms with Crippen molar-refractivity contribution in [2.45, 2.75) is 26.3 Å². The Hall–Kier alpha value is -0.540. The molecule has 0 amide bonds. The van der Waals surface area contributed by atoms with Gasteiger partial charge in [-0.1, -0.05) is 27.5 Å². The van der Waals surface area contributed by atoms with Gasteiger partial charge in [-0.05, 0) is 37.8 Å². The summed E-state index contributed by atoms with van der Waals surface area (Å²) in [5.74, 6) is 0.820. The van der Waals surface area contributed by atoms with Crippen molar-refractivity contribution in [3.63, 3.8) is 0 Å². The van der Waals surface area contributed by atoms with Crippen LogP contribution in [0.15, 0.2) is 16.6 Å². The van der Waals surface area contributed by atoms with Crippen molar-refractivity contribution in [1.82, 2.24) is 9.78 Å². The summed E-state index contributed by atoms with van der Waals surface area (Å²) in [7, 11) is 0. The largest absolute Gasteiger partial charge is 0.264 e. The van der Waals surface area contributed by atoms with Gasteiger partial charge >= 0.3 is 0 Å². The summed E-state index contributed by atoms with van der Waals surface area (Å²) >= 11 is 9.73. The molecule has 16 heavy (non-hydrogen) atoms. The Kier molecular flexibility index (Phi) is 2.48. The van der Waals surface area contributed by atoms with Crippen LogP contribution >= 0.6 is 27.5 Å². The minimum Gasteiger partial charge on any atom is -0.264 e. The zero-order chi connectivity index (χ0) is 11.3. The lowest BCUT2D eigenvalue weighted by atomic mass is 10.2. The highest BCUT2D eigenvalue weighted by Crippen LogP contribution is 2.34. The monoisotopic (exact) mass is 298 g/mol. The van der Waals surface area contributed by atoms with Gasteiger partial charge in [-0.25, -0.2) is 0 Å². The van der Waals surface area contributed by atoms with Gasteiger partial charge in [0.25, 0.3) is 0 Å². The first-order valence-electron chi connectivity index (χ1n) is 5.47. The number of benzene rings is 1. The molecule has 0 saturated heterocycles. The van der Waals surface area contributed by atoms with Gasteiger partial charge in [0.1, 0.15) is 0 Å². The first-order chi connectivity index (χ1) is 7.65.